The van der Waals surface area contributed by atoms with Crippen molar-refractivity contribution < 1.29 is 4.74 Å². The van der Waals surface area contributed by atoms with Crippen LogP contribution in [0.2, 0.25) is 0 Å². The average molecular weight is 414 g/mol. The Hall–Kier alpha value is -3.37. The lowest BCUT2D eigenvalue weighted by Crippen LogP contribution is -2.38. The number of rotatable bonds is 12. The molecule has 1 N–H and O–H groups in total. The van der Waals surface area contributed by atoms with Gasteiger partial charge in [-0.25, -0.2) is 0 Å². The minimum absolute atomic E-state index is 0.00245. The largest absolute Gasteiger partial charge is 0.501 e. The van der Waals surface area contributed by atoms with E-state index in [-0.39, 0.29) is 12.0 Å². The van der Waals surface area contributed by atoms with Gasteiger partial charge < -0.3 is 10.1 Å². The van der Waals surface area contributed by atoms with Crippen LogP contribution in [0.4, 0.5) is 0 Å². The molecule has 0 saturated carbocycles. The second-order valence-electron chi connectivity index (χ2n) is 7.39. The van der Waals surface area contributed by atoms with Crippen molar-refractivity contribution in [1.29, 1.82) is 0 Å². The van der Waals surface area contributed by atoms with Gasteiger partial charge in [0.2, 0.25) is 0 Å². The van der Waals surface area contributed by atoms with Crippen LogP contribution in [-0.2, 0) is 4.74 Å². The van der Waals surface area contributed by atoms with Crippen LogP contribution < -0.4 is 5.32 Å². The van der Waals surface area contributed by atoms with Crippen molar-refractivity contribution >= 4 is 0 Å². The average Bonchev–Trinajstić information content (AvgIpc) is 2.84. The molecule has 0 bridgehead atoms. The van der Waals surface area contributed by atoms with Crippen LogP contribution in [0.1, 0.15) is 28.7 Å². The van der Waals surface area contributed by atoms with Crippen LogP contribution in [0.3, 0.4) is 0 Å². The molecule has 2 aromatic carbocycles. The molecule has 4 nitrogen and oxygen atoms in total. The maximum atomic E-state index is 5.60. The third-order valence-corrected chi connectivity index (χ3v) is 5.44. The fourth-order valence-corrected chi connectivity index (χ4v) is 3.87. The molecule has 1 unspecified atom stereocenters. The van der Waals surface area contributed by atoms with Gasteiger partial charge in [-0.3, -0.25) is 9.88 Å². The lowest BCUT2D eigenvalue weighted by atomic mass is 9.93. The lowest BCUT2D eigenvalue weighted by Gasteiger charge is -2.35. The van der Waals surface area contributed by atoms with Crippen molar-refractivity contribution in [2.24, 2.45) is 0 Å². The van der Waals surface area contributed by atoms with E-state index in [1.54, 1.807) is 19.5 Å². The van der Waals surface area contributed by atoms with Crippen LogP contribution in [0.25, 0.3) is 0 Å². The summed E-state index contributed by atoms with van der Waals surface area (Å²) >= 11 is 0. The summed E-state index contributed by atoms with van der Waals surface area (Å²) in [6, 6.07) is 25.4. The minimum Gasteiger partial charge on any atom is -0.501 e. The number of hydrogen-bond donors (Lipinski definition) is 1. The van der Waals surface area contributed by atoms with E-state index in [2.05, 4.69) is 95.1 Å². The normalized spacial score (nSPS) is 11.8. The molecule has 0 spiro atoms. The molecule has 4 heteroatoms. The molecular formula is C27H31N3O. The van der Waals surface area contributed by atoms with Gasteiger partial charge in [-0.15, -0.1) is 0 Å². The summed E-state index contributed by atoms with van der Waals surface area (Å²) in [6.07, 6.45) is 5.43. The van der Waals surface area contributed by atoms with E-state index < -0.39 is 0 Å². The van der Waals surface area contributed by atoms with Gasteiger partial charge in [0.1, 0.15) is 0 Å². The Morgan fingerprint density at radius 2 is 1.61 bits per heavy atom. The standard InChI is InChI=1S/C27H31N3O/c1-4-28-18-19-30(21-26(22(2)31-3)25-16-11-17-29-20-25)27(23-12-7-5-8-13-23)24-14-9-6-10-15-24/h4-17,20,26-28H,1-2,18-19,21H2,3H3. The van der Waals surface area contributed by atoms with E-state index in [9.17, 15) is 0 Å². The highest BCUT2D eigenvalue weighted by Crippen LogP contribution is 2.33. The van der Waals surface area contributed by atoms with E-state index in [0.29, 0.717) is 0 Å². The van der Waals surface area contributed by atoms with Crippen molar-refractivity contribution in [3.63, 3.8) is 0 Å². The van der Waals surface area contributed by atoms with Crippen LogP contribution in [0.5, 0.6) is 0 Å². The van der Waals surface area contributed by atoms with Crippen molar-refractivity contribution in [2.75, 3.05) is 26.7 Å². The van der Waals surface area contributed by atoms with Gasteiger partial charge in [0.05, 0.1) is 24.8 Å². The smallest absolute Gasteiger partial charge is 0.0972 e. The number of hydrogen-bond acceptors (Lipinski definition) is 4. The lowest BCUT2D eigenvalue weighted by molar-refractivity contribution is 0.189. The van der Waals surface area contributed by atoms with Gasteiger partial charge in [0.25, 0.3) is 0 Å². The summed E-state index contributed by atoms with van der Waals surface area (Å²) in [5, 5.41) is 3.25. The van der Waals surface area contributed by atoms with Crippen molar-refractivity contribution in [1.82, 2.24) is 15.2 Å². The molecule has 1 atom stereocenters. The number of nitrogens with one attached hydrogen (secondary N) is 1. The first kappa shape index (κ1) is 22.3. The number of methoxy groups -OCH3 is 1. The highest BCUT2D eigenvalue weighted by molar-refractivity contribution is 5.32. The molecule has 160 valence electrons. The summed E-state index contributed by atoms with van der Waals surface area (Å²) in [5.41, 5.74) is 3.59. The molecule has 0 amide bonds. The zero-order valence-corrected chi connectivity index (χ0v) is 18.2. The molecule has 0 aliphatic rings. The second kappa shape index (κ2) is 11.7. The molecule has 1 heterocycles. The molecule has 3 aromatic rings. The summed E-state index contributed by atoms with van der Waals surface area (Å²) in [4.78, 5) is 6.80. The van der Waals surface area contributed by atoms with Gasteiger partial charge in [-0.2, -0.15) is 0 Å². The van der Waals surface area contributed by atoms with Crippen LogP contribution >= 0.6 is 0 Å². The van der Waals surface area contributed by atoms with Crippen molar-refractivity contribution in [2.45, 2.75) is 12.0 Å². The molecular weight excluding hydrogens is 382 g/mol. The Kier molecular flexibility index (Phi) is 8.44. The van der Waals surface area contributed by atoms with Gasteiger partial charge in [-0.1, -0.05) is 79.9 Å². The summed E-state index contributed by atoms with van der Waals surface area (Å²) < 4.78 is 5.60. The first-order chi connectivity index (χ1) is 15.2. The Labute approximate surface area is 185 Å². The third-order valence-electron chi connectivity index (χ3n) is 5.44. The maximum Gasteiger partial charge on any atom is 0.0972 e. The summed E-state index contributed by atoms with van der Waals surface area (Å²) in [5.74, 6) is 0.729. The van der Waals surface area contributed by atoms with E-state index in [1.807, 2.05) is 12.3 Å². The molecule has 0 fully saturated rings. The molecule has 0 aliphatic carbocycles. The molecule has 3 rings (SSSR count). The van der Waals surface area contributed by atoms with E-state index in [4.69, 9.17) is 4.74 Å². The van der Waals surface area contributed by atoms with E-state index in [0.717, 1.165) is 31.0 Å². The fourth-order valence-electron chi connectivity index (χ4n) is 3.87. The Morgan fingerprint density at radius 3 is 2.13 bits per heavy atom. The monoisotopic (exact) mass is 413 g/mol. The van der Waals surface area contributed by atoms with E-state index >= 15 is 0 Å². The maximum absolute atomic E-state index is 5.60. The highest BCUT2D eigenvalue weighted by atomic mass is 16.5. The number of nitrogens with zero attached hydrogens (tertiary/aromatic N) is 2. The quantitative estimate of drug-likeness (QED) is 0.329. The molecule has 0 aliphatic heterocycles. The summed E-state index contributed by atoms with van der Waals surface area (Å²) in [7, 11) is 1.68. The zero-order chi connectivity index (χ0) is 21.9. The van der Waals surface area contributed by atoms with Gasteiger partial charge >= 0.3 is 0 Å². The first-order valence-electron chi connectivity index (χ1n) is 10.6. The Balaban J connectivity index is 2.01. The van der Waals surface area contributed by atoms with Crippen LogP contribution in [-0.4, -0.2) is 36.6 Å². The van der Waals surface area contributed by atoms with Crippen molar-refractivity contribution in [3.8, 4) is 0 Å². The number of aromatic nitrogens is 1. The molecule has 1 aromatic heterocycles. The topological polar surface area (TPSA) is 37.4 Å². The Bertz CT molecular complexity index is 889. The minimum atomic E-state index is -0.00245. The number of pyridine rings is 1. The summed E-state index contributed by atoms with van der Waals surface area (Å²) in [6.45, 7) is 10.4. The van der Waals surface area contributed by atoms with Crippen molar-refractivity contribution in [3.05, 3.63) is 127 Å². The SMILES string of the molecule is C=CNCCN(CC(C(=C)OC)c1cccnc1)C(c1ccccc1)c1ccccc1. The van der Waals surface area contributed by atoms with E-state index in [1.165, 1.54) is 11.1 Å². The molecule has 0 saturated heterocycles. The number of benzene rings is 2. The second-order valence-corrected chi connectivity index (χ2v) is 7.39. The highest BCUT2D eigenvalue weighted by Gasteiger charge is 2.27. The third kappa shape index (κ3) is 6.06. The number of ether oxygens (including phenoxy) is 1. The van der Waals surface area contributed by atoms with Gasteiger partial charge in [0.15, 0.2) is 0 Å². The predicted molar refractivity (Wildman–Crippen MR) is 128 cm³/mol. The fraction of sp³-hybridized carbons (Fsp3) is 0.222. The van der Waals surface area contributed by atoms with Gasteiger partial charge in [-0.05, 0) is 29.0 Å². The zero-order valence-electron chi connectivity index (χ0n) is 18.2. The van der Waals surface area contributed by atoms with Crippen LogP contribution in [0.15, 0.2) is 110 Å². The molecule has 0 radical (unpaired) electrons. The predicted octanol–water partition coefficient (Wildman–Crippen LogP) is 5.15. The first-order valence-corrected chi connectivity index (χ1v) is 10.6. The molecule has 31 heavy (non-hydrogen) atoms. The Morgan fingerprint density at radius 1 is 1.00 bits per heavy atom. The van der Waals surface area contributed by atoms with Crippen LogP contribution in [0, 0.1) is 0 Å². The van der Waals surface area contributed by atoms with Gasteiger partial charge in [0, 0.05) is 32.0 Å².